The van der Waals surface area contributed by atoms with Crippen molar-refractivity contribution < 1.29 is 9.53 Å². The van der Waals surface area contributed by atoms with E-state index >= 15 is 0 Å². The summed E-state index contributed by atoms with van der Waals surface area (Å²) in [6, 6.07) is 15.3. The van der Waals surface area contributed by atoms with Gasteiger partial charge in [0.25, 0.3) is 0 Å². The van der Waals surface area contributed by atoms with E-state index in [-0.39, 0.29) is 12.0 Å². The van der Waals surface area contributed by atoms with Gasteiger partial charge in [-0.05, 0) is 59.6 Å². The zero-order chi connectivity index (χ0) is 19.7. The number of fused-ring (bicyclic) bond motifs is 3. The fourth-order valence-electron chi connectivity index (χ4n) is 4.42. The van der Waals surface area contributed by atoms with Gasteiger partial charge in [-0.1, -0.05) is 57.2 Å². The second-order valence-corrected chi connectivity index (χ2v) is 8.23. The number of carbonyl (C=O) groups is 1. The normalized spacial score (nSPS) is 22.5. The van der Waals surface area contributed by atoms with Crippen molar-refractivity contribution in [2.45, 2.75) is 51.5 Å². The molecule has 0 aromatic heterocycles. The van der Waals surface area contributed by atoms with E-state index in [1.54, 1.807) is 0 Å². The number of allylic oxidation sites excluding steroid dienone is 2. The molecule has 2 aromatic rings. The standard InChI is InChI=1S/C25H29NO2/c1-4-14-28-25(27)19-12-13-23-22(15-19)20-6-5-7-21(20)24(26-23)18-10-8-17(9-11-18)16(2)3/h5-6,8-13,15-16,20-21,24,26H,4,7,14H2,1-3H3. The van der Waals surface area contributed by atoms with Crippen LogP contribution < -0.4 is 5.32 Å². The summed E-state index contributed by atoms with van der Waals surface area (Å²) in [5.41, 5.74) is 5.68. The number of carbonyl (C=O) groups excluding carboxylic acids is 1. The Bertz CT molecular complexity index is 882. The second-order valence-electron chi connectivity index (χ2n) is 8.23. The highest BCUT2D eigenvalue weighted by Gasteiger charge is 2.38. The van der Waals surface area contributed by atoms with E-state index in [1.807, 2.05) is 25.1 Å². The largest absolute Gasteiger partial charge is 0.462 e. The Hall–Kier alpha value is -2.55. The lowest BCUT2D eigenvalue weighted by atomic mass is 9.76. The fourth-order valence-corrected chi connectivity index (χ4v) is 4.42. The lowest BCUT2D eigenvalue weighted by Gasteiger charge is -2.37. The number of ether oxygens (including phenoxy) is 1. The number of anilines is 1. The Balaban J connectivity index is 1.63. The molecule has 0 radical (unpaired) electrons. The van der Waals surface area contributed by atoms with Crippen molar-refractivity contribution in [2.24, 2.45) is 5.92 Å². The van der Waals surface area contributed by atoms with Gasteiger partial charge >= 0.3 is 5.97 Å². The maximum atomic E-state index is 12.3. The zero-order valence-electron chi connectivity index (χ0n) is 16.9. The molecule has 1 aliphatic heterocycles. The molecule has 1 aliphatic carbocycles. The molecule has 2 aromatic carbocycles. The average molecular weight is 376 g/mol. The summed E-state index contributed by atoms with van der Waals surface area (Å²) in [5, 5.41) is 3.75. The first-order valence-corrected chi connectivity index (χ1v) is 10.4. The molecular formula is C25H29NO2. The van der Waals surface area contributed by atoms with Crippen LogP contribution in [0.4, 0.5) is 5.69 Å². The Morgan fingerprint density at radius 3 is 2.68 bits per heavy atom. The van der Waals surface area contributed by atoms with E-state index in [1.165, 1.54) is 16.7 Å². The Kier molecular flexibility index (Phi) is 5.25. The molecule has 2 aliphatic rings. The molecule has 0 amide bonds. The minimum atomic E-state index is -0.227. The lowest BCUT2D eigenvalue weighted by molar-refractivity contribution is 0.0505. The topological polar surface area (TPSA) is 38.3 Å². The van der Waals surface area contributed by atoms with Crippen molar-refractivity contribution >= 4 is 11.7 Å². The van der Waals surface area contributed by atoms with Crippen LogP contribution in [0.25, 0.3) is 0 Å². The smallest absolute Gasteiger partial charge is 0.338 e. The molecule has 0 saturated heterocycles. The average Bonchev–Trinajstić information content (AvgIpc) is 3.21. The first kappa shape index (κ1) is 18.8. The van der Waals surface area contributed by atoms with Gasteiger partial charge in [-0.3, -0.25) is 0 Å². The van der Waals surface area contributed by atoms with E-state index in [0.29, 0.717) is 29.9 Å². The fraction of sp³-hybridized carbons (Fsp3) is 0.400. The van der Waals surface area contributed by atoms with Gasteiger partial charge in [-0.15, -0.1) is 0 Å². The van der Waals surface area contributed by atoms with Gasteiger partial charge < -0.3 is 10.1 Å². The number of hydrogen-bond acceptors (Lipinski definition) is 3. The predicted octanol–water partition coefficient (Wildman–Crippen LogP) is 6.20. The van der Waals surface area contributed by atoms with E-state index < -0.39 is 0 Å². The lowest BCUT2D eigenvalue weighted by Crippen LogP contribution is -2.29. The number of esters is 1. The molecule has 4 rings (SSSR count). The summed E-state index contributed by atoms with van der Waals surface area (Å²) in [4.78, 5) is 12.3. The van der Waals surface area contributed by atoms with Crippen LogP contribution >= 0.6 is 0 Å². The number of nitrogens with one attached hydrogen (secondary N) is 1. The summed E-state index contributed by atoms with van der Waals surface area (Å²) in [7, 11) is 0. The summed E-state index contributed by atoms with van der Waals surface area (Å²) >= 11 is 0. The molecule has 0 bridgehead atoms. The third-order valence-electron chi connectivity index (χ3n) is 6.00. The third kappa shape index (κ3) is 3.46. The molecule has 0 fully saturated rings. The molecule has 0 spiro atoms. The molecule has 3 unspecified atom stereocenters. The first-order chi connectivity index (χ1) is 13.6. The zero-order valence-corrected chi connectivity index (χ0v) is 16.9. The van der Waals surface area contributed by atoms with Crippen molar-refractivity contribution in [3.05, 3.63) is 76.9 Å². The molecular weight excluding hydrogens is 346 g/mol. The predicted molar refractivity (Wildman–Crippen MR) is 114 cm³/mol. The monoisotopic (exact) mass is 375 g/mol. The number of benzene rings is 2. The van der Waals surface area contributed by atoms with Crippen LogP contribution in [0, 0.1) is 5.92 Å². The SMILES string of the molecule is CCCOC(=O)c1ccc2c(c1)C1C=CCC1C(c1ccc(C(C)C)cc1)N2. The van der Waals surface area contributed by atoms with Gasteiger partial charge in [0.2, 0.25) is 0 Å². The maximum absolute atomic E-state index is 12.3. The highest BCUT2D eigenvalue weighted by molar-refractivity contribution is 5.90. The van der Waals surface area contributed by atoms with E-state index in [4.69, 9.17) is 4.74 Å². The van der Waals surface area contributed by atoms with Gasteiger partial charge in [0.1, 0.15) is 0 Å². The summed E-state index contributed by atoms with van der Waals surface area (Å²) in [6.45, 7) is 6.93. The first-order valence-electron chi connectivity index (χ1n) is 10.4. The van der Waals surface area contributed by atoms with Crippen molar-refractivity contribution in [1.29, 1.82) is 0 Å². The van der Waals surface area contributed by atoms with Crippen LogP contribution in [0.5, 0.6) is 0 Å². The van der Waals surface area contributed by atoms with E-state index in [9.17, 15) is 4.79 Å². The summed E-state index contributed by atoms with van der Waals surface area (Å²) in [5.74, 6) is 1.12. The molecule has 3 nitrogen and oxygen atoms in total. The molecule has 0 saturated carbocycles. The highest BCUT2D eigenvalue weighted by Crippen LogP contribution is 2.50. The maximum Gasteiger partial charge on any atom is 0.338 e. The van der Waals surface area contributed by atoms with Crippen LogP contribution in [0.3, 0.4) is 0 Å². The Morgan fingerprint density at radius 2 is 1.96 bits per heavy atom. The van der Waals surface area contributed by atoms with Gasteiger partial charge in [0, 0.05) is 11.6 Å². The molecule has 3 heteroatoms. The van der Waals surface area contributed by atoms with Crippen LogP contribution in [0.15, 0.2) is 54.6 Å². The van der Waals surface area contributed by atoms with Gasteiger partial charge in [-0.25, -0.2) is 4.79 Å². The molecule has 3 atom stereocenters. The summed E-state index contributed by atoms with van der Waals surface area (Å²) < 4.78 is 5.32. The van der Waals surface area contributed by atoms with Crippen LogP contribution in [0.2, 0.25) is 0 Å². The van der Waals surface area contributed by atoms with E-state index in [2.05, 4.69) is 55.6 Å². The van der Waals surface area contributed by atoms with Crippen molar-refractivity contribution in [2.75, 3.05) is 11.9 Å². The van der Waals surface area contributed by atoms with E-state index in [0.717, 1.165) is 18.5 Å². The third-order valence-corrected chi connectivity index (χ3v) is 6.00. The molecule has 1 N–H and O–H groups in total. The van der Waals surface area contributed by atoms with Crippen LogP contribution in [-0.2, 0) is 4.74 Å². The van der Waals surface area contributed by atoms with Gasteiger partial charge in [0.15, 0.2) is 0 Å². The highest BCUT2D eigenvalue weighted by atomic mass is 16.5. The molecule has 146 valence electrons. The van der Waals surface area contributed by atoms with Gasteiger partial charge in [0.05, 0.1) is 18.2 Å². The minimum absolute atomic E-state index is 0.227. The summed E-state index contributed by atoms with van der Waals surface area (Å²) in [6.07, 6.45) is 6.48. The number of hydrogen-bond donors (Lipinski definition) is 1. The quantitative estimate of drug-likeness (QED) is 0.499. The van der Waals surface area contributed by atoms with Crippen LogP contribution in [-0.4, -0.2) is 12.6 Å². The number of rotatable bonds is 5. The Labute approximate surface area is 167 Å². The van der Waals surface area contributed by atoms with Gasteiger partial charge in [-0.2, -0.15) is 0 Å². The minimum Gasteiger partial charge on any atom is -0.462 e. The molecule has 28 heavy (non-hydrogen) atoms. The second kappa shape index (κ2) is 7.83. The van der Waals surface area contributed by atoms with Crippen molar-refractivity contribution in [3.8, 4) is 0 Å². The molecule has 1 heterocycles. The van der Waals surface area contributed by atoms with Crippen molar-refractivity contribution in [3.63, 3.8) is 0 Å². The van der Waals surface area contributed by atoms with Crippen LogP contribution in [0.1, 0.15) is 78.5 Å². The van der Waals surface area contributed by atoms with Crippen molar-refractivity contribution in [1.82, 2.24) is 0 Å². The Morgan fingerprint density at radius 1 is 1.18 bits per heavy atom.